The zero-order valence-electron chi connectivity index (χ0n) is 20.4. The lowest BCUT2D eigenvalue weighted by Gasteiger charge is -2.19. The van der Waals surface area contributed by atoms with Gasteiger partial charge in [0.2, 0.25) is 5.91 Å². The normalized spacial score (nSPS) is 20.7. The van der Waals surface area contributed by atoms with Gasteiger partial charge in [0.25, 0.3) is 5.92 Å². The standard InChI is InChI=1S/C27H28F2N4O2S/c1-26(2,3)18-5-7-23-21(12-18)32-24(36-23)8-4-17-15-31-11-10-20(17)22(34)6-9-25(35)33-16-27(28,29)13-19(33)14-30/h4-5,7-8,10-12,15,19,24,32H,6,9,13,16H2,1-3H3/b8-4+/t19-,24?/m0/s1. The van der Waals surface area contributed by atoms with Crippen molar-refractivity contribution in [3.05, 3.63) is 59.4 Å². The number of likely N-dealkylation sites (tertiary alicyclic amines) is 1. The summed E-state index contributed by atoms with van der Waals surface area (Å²) >= 11 is 1.68. The SMILES string of the molecule is CC(C)(C)c1ccc2c(c1)NC(/C=C/c1cnccc1C(=O)CCC(=O)N1CC(F)(F)C[C@H]1C#N)S2. The average Bonchev–Trinajstić information content (AvgIpc) is 3.39. The molecule has 1 N–H and O–H groups in total. The van der Waals surface area contributed by atoms with Crippen molar-refractivity contribution >= 4 is 35.2 Å². The topological polar surface area (TPSA) is 86.1 Å². The third kappa shape index (κ3) is 5.76. The first-order chi connectivity index (χ1) is 17.0. The molecule has 2 aromatic rings. The molecule has 2 atom stereocenters. The van der Waals surface area contributed by atoms with Gasteiger partial charge in [-0.3, -0.25) is 14.6 Å². The van der Waals surface area contributed by atoms with Gasteiger partial charge in [0, 0.05) is 53.4 Å². The molecule has 1 amide bonds. The fourth-order valence-electron chi connectivity index (χ4n) is 4.30. The molecule has 6 nitrogen and oxygen atoms in total. The quantitative estimate of drug-likeness (QED) is 0.505. The fourth-order valence-corrected chi connectivity index (χ4v) is 5.30. The molecule has 2 aliphatic rings. The number of aromatic nitrogens is 1. The summed E-state index contributed by atoms with van der Waals surface area (Å²) in [6.45, 7) is 5.73. The molecule has 0 aliphatic carbocycles. The van der Waals surface area contributed by atoms with E-state index >= 15 is 0 Å². The minimum absolute atomic E-state index is 0.0142. The molecule has 1 aromatic heterocycles. The lowest BCUT2D eigenvalue weighted by Crippen LogP contribution is -2.36. The van der Waals surface area contributed by atoms with Gasteiger partial charge in [0.1, 0.15) is 6.04 Å². The number of fused-ring (bicyclic) bond motifs is 1. The Morgan fingerprint density at radius 2 is 2.08 bits per heavy atom. The number of rotatable bonds is 6. The number of nitrogens with zero attached hydrogens (tertiary/aromatic N) is 3. The maximum atomic E-state index is 13.6. The van der Waals surface area contributed by atoms with Crippen molar-refractivity contribution in [2.75, 3.05) is 11.9 Å². The van der Waals surface area contributed by atoms with Crippen LogP contribution in [0.25, 0.3) is 6.08 Å². The second-order valence-electron chi connectivity index (χ2n) is 10.1. The zero-order valence-corrected chi connectivity index (χ0v) is 21.2. The van der Waals surface area contributed by atoms with E-state index in [9.17, 15) is 18.4 Å². The first kappa shape index (κ1) is 25.8. The van der Waals surface area contributed by atoms with Crippen molar-refractivity contribution in [3.63, 3.8) is 0 Å². The predicted octanol–water partition coefficient (Wildman–Crippen LogP) is 5.66. The minimum atomic E-state index is -3.08. The van der Waals surface area contributed by atoms with E-state index in [1.807, 2.05) is 12.2 Å². The number of benzene rings is 1. The summed E-state index contributed by atoms with van der Waals surface area (Å²) in [7, 11) is 0. The molecule has 188 valence electrons. The number of Topliss-reactive ketones (excluding diaryl/α,β-unsaturated/α-hetero) is 1. The van der Waals surface area contributed by atoms with Crippen LogP contribution in [0.4, 0.5) is 14.5 Å². The number of halogens is 2. The van der Waals surface area contributed by atoms with Crippen molar-refractivity contribution < 1.29 is 18.4 Å². The lowest BCUT2D eigenvalue weighted by atomic mass is 9.87. The smallest absolute Gasteiger partial charge is 0.268 e. The van der Waals surface area contributed by atoms with Crippen LogP contribution in [0.1, 0.15) is 61.5 Å². The number of hydrogen-bond donors (Lipinski definition) is 1. The number of anilines is 1. The first-order valence-electron chi connectivity index (χ1n) is 11.8. The number of hydrogen-bond acceptors (Lipinski definition) is 6. The Bertz CT molecular complexity index is 1250. The molecule has 1 saturated heterocycles. The molecule has 9 heteroatoms. The molecule has 0 bridgehead atoms. The Balaban J connectivity index is 1.40. The van der Waals surface area contributed by atoms with Crippen LogP contribution in [0, 0.1) is 11.3 Å². The Morgan fingerprint density at radius 3 is 2.81 bits per heavy atom. The summed E-state index contributed by atoms with van der Waals surface area (Å²) < 4.78 is 27.3. The van der Waals surface area contributed by atoms with Gasteiger partial charge in [0.15, 0.2) is 5.78 Å². The number of alkyl halides is 2. The molecule has 1 unspecified atom stereocenters. The first-order valence-corrected chi connectivity index (χ1v) is 12.6. The summed E-state index contributed by atoms with van der Waals surface area (Å²) in [6, 6.07) is 8.60. The Labute approximate surface area is 213 Å². The maximum Gasteiger partial charge on any atom is 0.268 e. The van der Waals surface area contributed by atoms with Crippen LogP contribution in [-0.2, 0) is 10.2 Å². The number of ketones is 1. The van der Waals surface area contributed by atoms with Crippen LogP contribution >= 0.6 is 11.8 Å². The second-order valence-corrected chi connectivity index (χ2v) is 11.3. The second kappa shape index (κ2) is 10.0. The van der Waals surface area contributed by atoms with Crippen LogP contribution in [0.5, 0.6) is 0 Å². The highest BCUT2D eigenvalue weighted by molar-refractivity contribution is 8.00. The van der Waals surface area contributed by atoms with Crippen molar-refractivity contribution in [1.29, 1.82) is 5.26 Å². The molecule has 3 heterocycles. The van der Waals surface area contributed by atoms with Crippen LogP contribution in [-0.4, -0.2) is 45.5 Å². The summed E-state index contributed by atoms with van der Waals surface area (Å²) in [4.78, 5) is 31.5. The third-order valence-electron chi connectivity index (χ3n) is 6.31. The Kier molecular flexibility index (Phi) is 7.19. The summed E-state index contributed by atoms with van der Waals surface area (Å²) in [5, 5.41) is 12.6. The van der Waals surface area contributed by atoms with Gasteiger partial charge < -0.3 is 10.2 Å². The molecule has 1 aromatic carbocycles. The van der Waals surface area contributed by atoms with Gasteiger partial charge in [-0.25, -0.2) is 8.78 Å². The molecule has 36 heavy (non-hydrogen) atoms. The molecule has 0 saturated carbocycles. The van der Waals surface area contributed by atoms with E-state index in [0.29, 0.717) is 11.1 Å². The average molecular weight is 511 g/mol. The molecule has 0 spiro atoms. The summed E-state index contributed by atoms with van der Waals surface area (Å²) in [6.07, 6.45) is 5.84. The van der Waals surface area contributed by atoms with Gasteiger partial charge in [-0.1, -0.05) is 50.8 Å². The Hall–Kier alpha value is -3.25. The van der Waals surface area contributed by atoms with E-state index in [1.54, 1.807) is 30.1 Å². The van der Waals surface area contributed by atoms with Gasteiger partial charge in [0.05, 0.1) is 18.0 Å². The van der Waals surface area contributed by atoms with Gasteiger partial charge in [-0.05, 0) is 29.2 Å². The maximum absolute atomic E-state index is 13.6. The van der Waals surface area contributed by atoms with E-state index in [0.717, 1.165) is 15.5 Å². The van der Waals surface area contributed by atoms with Crippen molar-refractivity contribution in [2.45, 2.75) is 67.7 Å². The predicted molar refractivity (Wildman–Crippen MR) is 136 cm³/mol. The number of nitriles is 1. The van der Waals surface area contributed by atoms with Crippen molar-refractivity contribution in [2.24, 2.45) is 0 Å². The number of amides is 1. The molecule has 2 aliphatic heterocycles. The zero-order chi connectivity index (χ0) is 26.1. The minimum Gasteiger partial charge on any atom is -0.369 e. The molecule has 0 radical (unpaired) electrons. The van der Waals surface area contributed by atoms with E-state index in [2.05, 4.69) is 49.3 Å². The fraction of sp³-hybridized carbons (Fsp3) is 0.407. The number of nitrogens with one attached hydrogen (secondary N) is 1. The molecule has 1 fully saturated rings. The van der Waals surface area contributed by atoms with Crippen LogP contribution in [0.2, 0.25) is 0 Å². The van der Waals surface area contributed by atoms with Gasteiger partial charge in [-0.15, -0.1) is 0 Å². The van der Waals surface area contributed by atoms with Crippen LogP contribution in [0.15, 0.2) is 47.6 Å². The molecular formula is C27H28F2N4O2S. The monoisotopic (exact) mass is 510 g/mol. The molecule has 4 rings (SSSR count). The molecular weight excluding hydrogens is 482 g/mol. The highest BCUT2D eigenvalue weighted by Crippen LogP contribution is 2.41. The number of carbonyl (C=O) groups is 2. The largest absolute Gasteiger partial charge is 0.369 e. The lowest BCUT2D eigenvalue weighted by molar-refractivity contribution is -0.132. The highest BCUT2D eigenvalue weighted by Gasteiger charge is 2.47. The van der Waals surface area contributed by atoms with Crippen LogP contribution in [0.3, 0.4) is 0 Å². The summed E-state index contributed by atoms with van der Waals surface area (Å²) in [5.74, 6) is -3.98. The van der Waals surface area contributed by atoms with E-state index < -0.39 is 30.8 Å². The Morgan fingerprint density at radius 1 is 1.31 bits per heavy atom. The van der Waals surface area contributed by atoms with Gasteiger partial charge >= 0.3 is 0 Å². The van der Waals surface area contributed by atoms with Gasteiger partial charge in [-0.2, -0.15) is 5.26 Å². The van der Waals surface area contributed by atoms with E-state index in [-0.39, 0.29) is 29.4 Å². The van der Waals surface area contributed by atoms with E-state index in [4.69, 9.17) is 5.26 Å². The highest BCUT2D eigenvalue weighted by atomic mass is 32.2. The van der Waals surface area contributed by atoms with Crippen molar-refractivity contribution in [3.8, 4) is 6.07 Å². The van der Waals surface area contributed by atoms with Crippen LogP contribution < -0.4 is 5.32 Å². The number of carbonyl (C=O) groups excluding carboxylic acids is 2. The third-order valence-corrected chi connectivity index (χ3v) is 7.44. The van der Waals surface area contributed by atoms with Crippen molar-refractivity contribution in [1.82, 2.24) is 9.88 Å². The summed E-state index contributed by atoms with van der Waals surface area (Å²) in [5.41, 5.74) is 3.39. The number of thioether (sulfide) groups is 1. The number of pyridine rings is 1. The van der Waals surface area contributed by atoms with E-state index in [1.165, 1.54) is 11.8 Å².